The van der Waals surface area contributed by atoms with Crippen molar-refractivity contribution in [2.24, 2.45) is 5.92 Å². The van der Waals surface area contributed by atoms with Gasteiger partial charge in [0.25, 0.3) is 5.69 Å². The molecule has 3 atom stereocenters. The van der Waals surface area contributed by atoms with Crippen molar-refractivity contribution in [1.29, 1.82) is 0 Å². The first-order valence-electron chi connectivity index (χ1n) is 8.03. The van der Waals surface area contributed by atoms with E-state index in [-0.39, 0.29) is 22.6 Å². The highest BCUT2D eigenvalue weighted by Crippen LogP contribution is 2.53. The summed E-state index contributed by atoms with van der Waals surface area (Å²) in [5, 5.41) is 15.1. The van der Waals surface area contributed by atoms with Crippen LogP contribution in [0.5, 0.6) is 0 Å². The molecule has 0 saturated heterocycles. The predicted octanol–water partition coefficient (Wildman–Crippen LogP) is 5.49. The second-order valence-corrected chi connectivity index (χ2v) is 7.39. The van der Waals surface area contributed by atoms with Gasteiger partial charge in [-0.05, 0) is 42.5 Å². The molecule has 0 bridgehead atoms. The number of rotatable bonds is 2. The maximum absolute atomic E-state index is 11.5. The molecule has 122 valence electrons. The second-order valence-electron chi connectivity index (χ2n) is 6.48. The highest BCUT2D eigenvalue weighted by molar-refractivity contribution is 9.10. The average molecular weight is 385 g/mol. The van der Waals surface area contributed by atoms with Gasteiger partial charge in [-0.2, -0.15) is 0 Å². The Hall–Kier alpha value is -2.14. The van der Waals surface area contributed by atoms with E-state index in [1.807, 2.05) is 25.1 Å². The maximum atomic E-state index is 11.5. The van der Waals surface area contributed by atoms with Crippen LogP contribution in [0.1, 0.15) is 35.1 Å². The van der Waals surface area contributed by atoms with E-state index in [0.717, 1.165) is 27.7 Å². The molecule has 24 heavy (non-hydrogen) atoms. The number of nitrogens with one attached hydrogen (secondary N) is 1. The molecule has 1 aliphatic heterocycles. The van der Waals surface area contributed by atoms with Crippen molar-refractivity contribution >= 4 is 27.3 Å². The SMILES string of the molecule is Cc1ccc([N+](=O)[O-])c2c1N[C@H](c1cccc(Br)c1)C1CC=CC21. The van der Waals surface area contributed by atoms with Gasteiger partial charge in [-0.3, -0.25) is 10.1 Å². The zero-order chi connectivity index (χ0) is 16.8. The van der Waals surface area contributed by atoms with Crippen LogP contribution in [-0.2, 0) is 0 Å². The highest BCUT2D eigenvalue weighted by Gasteiger charge is 2.42. The van der Waals surface area contributed by atoms with Crippen molar-refractivity contribution in [2.45, 2.75) is 25.3 Å². The van der Waals surface area contributed by atoms with Crippen molar-refractivity contribution in [2.75, 3.05) is 5.32 Å². The quantitative estimate of drug-likeness (QED) is 0.422. The van der Waals surface area contributed by atoms with E-state index in [2.05, 4.69) is 45.5 Å². The monoisotopic (exact) mass is 384 g/mol. The summed E-state index contributed by atoms with van der Waals surface area (Å²) < 4.78 is 1.05. The largest absolute Gasteiger partial charge is 0.377 e. The lowest BCUT2D eigenvalue weighted by molar-refractivity contribution is -0.385. The van der Waals surface area contributed by atoms with E-state index >= 15 is 0 Å². The minimum Gasteiger partial charge on any atom is -0.377 e. The molecule has 2 aromatic carbocycles. The number of allylic oxidation sites excluding steroid dienone is 2. The molecular weight excluding hydrogens is 368 g/mol. The Bertz CT molecular complexity index is 862. The summed E-state index contributed by atoms with van der Waals surface area (Å²) in [4.78, 5) is 11.3. The van der Waals surface area contributed by atoms with Gasteiger partial charge in [0.1, 0.15) is 0 Å². The van der Waals surface area contributed by atoms with Crippen LogP contribution in [0.15, 0.2) is 53.0 Å². The van der Waals surface area contributed by atoms with Crippen LogP contribution in [0, 0.1) is 23.0 Å². The Balaban J connectivity index is 1.88. The number of fused-ring (bicyclic) bond motifs is 3. The first kappa shape index (κ1) is 15.4. The lowest BCUT2D eigenvalue weighted by Crippen LogP contribution is -2.30. The smallest absolute Gasteiger partial charge is 0.275 e. The van der Waals surface area contributed by atoms with Crippen LogP contribution in [0.2, 0.25) is 0 Å². The van der Waals surface area contributed by atoms with E-state index in [1.54, 1.807) is 6.07 Å². The normalized spacial score (nSPS) is 24.2. The lowest BCUT2D eigenvalue weighted by Gasteiger charge is -2.38. The van der Waals surface area contributed by atoms with Crippen molar-refractivity contribution in [3.63, 3.8) is 0 Å². The van der Waals surface area contributed by atoms with Crippen LogP contribution in [0.4, 0.5) is 11.4 Å². The van der Waals surface area contributed by atoms with Gasteiger partial charge in [-0.1, -0.05) is 46.3 Å². The summed E-state index contributed by atoms with van der Waals surface area (Å²) in [5.41, 5.74) is 4.23. The zero-order valence-corrected chi connectivity index (χ0v) is 14.8. The first-order valence-corrected chi connectivity index (χ1v) is 8.82. The number of anilines is 1. The molecule has 1 heterocycles. The molecule has 0 saturated carbocycles. The fraction of sp³-hybridized carbons (Fsp3) is 0.263. The lowest BCUT2D eigenvalue weighted by atomic mass is 9.76. The van der Waals surface area contributed by atoms with Crippen LogP contribution in [0.25, 0.3) is 0 Å². The van der Waals surface area contributed by atoms with Gasteiger partial charge in [0, 0.05) is 22.1 Å². The van der Waals surface area contributed by atoms with E-state index in [1.165, 1.54) is 5.56 Å². The summed E-state index contributed by atoms with van der Waals surface area (Å²) in [5.74, 6) is 0.387. The molecule has 2 aliphatic rings. The molecular formula is C19H17BrN2O2. The van der Waals surface area contributed by atoms with Crippen LogP contribution in [0.3, 0.4) is 0 Å². The molecule has 1 aliphatic carbocycles. The second kappa shape index (κ2) is 5.74. The Morgan fingerprint density at radius 1 is 1.29 bits per heavy atom. The summed E-state index contributed by atoms with van der Waals surface area (Å²) in [7, 11) is 0. The fourth-order valence-electron chi connectivity index (χ4n) is 4.02. The number of hydrogen-bond acceptors (Lipinski definition) is 3. The molecule has 0 spiro atoms. The standard InChI is InChI=1S/C19H17BrN2O2/c1-11-8-9-16(22(23)24)17-14-6-3-7-15(14)19(21-18(11)17)12-4-2-5-13(20)10-12/h2-6,8-10,14-15,19,21H,7H2,1H3/t14?,15?,19-/m1/s1. The molecule has 5 heteroatoms. The Morgan fingerprint density at radius 3 is 2.88 bits per heavy atom. The molecule has 4 nitrogen and oxygen atoms in total. The van der Waals surface area contributed by atoms with Crippen molar-refractivity contribution in [1.82, 2.24) is 0 Å². The number of nitrogens with zero attached hydrogens (tertiary/aromatic N) is 1. The molecule has 0 aromatic heterocycles. The van der Waals surface area contributed by atoms with Gasteiger partial charge >= 0.3 is 0 Å². The Labute approximate surface area is 148 Å². The number of nitro benzene ring substituents is 1. The number of benzene rings is 2. The van der Waals surface area contributed by atoms with Gasteiger partial charge in [0.15, 0.2) is 0 Å². The maximum Gasteiger partial charge on any atom is 0.275 e. The molecule has 2 unspecified atom stereocenters. The zero-order valence-electron chi connectivity index (χ0n) is 13.2. The molecule has 2 aromatic rings. The summed E-state index contributed by atoms with van der Waals surface area (Å²) in [6.45, 7) is 2.01. The van der Waals surface area contributed by atoms with Crippen molar-refractivity contribution in [3.8, 4) is 0 Å². The predicted molar refractivity (Wildman–Crippen MR) is 98.3 cm³/mol. The molecule has 0 fully saturated rings. The fourth-order valence-corrected chi connectivity index (χ4v) is 4.44. The third kappa shape index (κ3) is 2.35. The van der Waals surface area contributed by atoms with Gasteiger partial charge < -0.3 is 5.32 Å². The topological polar surface area (TPSA) is 55.2 Å². The van der Waals surface area contributed by atoms with Crippen LogP contribution >= 0.6 is 15.9 Å². The molecule has 4 rings (SSSR count). The summed E-state index contributed by atoms with van der Waals surface area (Å²) >= 11 is 3.55. The van der Waals surface area contributed by atoms with E-state index in [9.17, 15) is 10.1 Å². The number of aryl methyl sites for hydroxylation is 1. The van der Waals surface area contributed by atoms with E-state index in [0.29, 0.717) is 5.92 Å². The van der Waals surface area contributed by atoms with Gasteiger partial charge in [-0.25, -0.2) is 0 Å². The number of hydrogen-bond donors (Lipinski definition) is 1. The van der Waals surface area contributed by atoms with Crippen LogP contribution in [-0.4, -0.2) is 4.92 Å². The molecule has 1 N–H and O–H groups in total. The van der Waals surface area contributed by atoms with Gasteiger partial charge in [-0.15, -0.1) is 0 Å². The van der Waals surface area contributed by atoms with Crippen LogP contribution < -0.4 is 5.32 Å². The number of halogens is 1. The Kier molecular flexibility index (Phi) is 3.68. The van der Waals surface area contributed by atoms with Crippen molar-refractivity contribution < 1.29 is 4.92 Å². The third-order valence-corrected chi connectivity index (χ3v) is 5.60. The summed E-state index contributed by atoms with van der Waals surface area (Å²) in [6, 6.07) is 11.9. The van der Waals surface area contributed by atoms with E-state index < -0.39 is 0 Å². The minimum absolute atomic E-state index is 0.0885. The van der Waals surface area contributed by atoms with Gasteiger partial charge in [0.2, 0.25) is 0 Å². The highest BCUT2D eigenvalue weighted by atomic mass is 79.9. The van der Waals surface area contributed by atoms with E-state index in [4.69, 9.17) is 0 Å². The minimum atomic E-state index is -0.261. The summed E-state index contributed by atoms with van der Waals surface area (Å²) in [6.07, 6.45) is 5.23. The first-order chi connectivity index (χ1) is 11.6. The third-order valence-electron chi connectivity index (χ3n) is 5.11. The van der Waals surface area contributed by atoms with Crippen molar-refractivity contribution in [3.05, 3.63) is 79.8 Å². The number of nitro groups is 1. The Morgan fingerprint density at radius 2 is 2.12 bits per heavy atom. The average Bonchev–Trinajstić information content (AvgIpc) is 3.04. The molecule has 0 amide bonds. The van der Waals surface area contributed by atoms with Gasteiger partial charge in [0.05, 0.1) is 16.5 Å². The molecule has 0 radical (unpaired) electrons.